The molecule has 3 atom stereocenters. The van der Waals surface area contributed by atoms with E-state index in [4.69, 9.17) is 0 Å². The standard InChI is InChI=1S/C18H25N/c1-12-9-13(2)16(14(3)10-12)7-8-18-17-6-4-5-15(17)11-19-18/h7-10,15,17-19H,4-6,11H2,1-3H3/b8-7+. The first kappa shape index (κ1) is 12.9. The summed E-state index contributed by atoms with van der Waals surface area (Å²) in [6.45, 7) is 7.85. The Balaban J connectivity index is 1.80. The highest BCUT2D eigenvalue weighted by Crippen LogP contribution is 2.38. The summed E-state index contributed by atoms with van der Waals surface area (Å²) in [7, 11) is 0. The molecule has 1 aliphatic carbocycles. The molecule has 1 N–H and O–H groups in total. The highest BCUT2D eigenvalue weighted by molar-refractivity contribution is 5.59. The molecule has 2 aliphatic rings. The van der Waals surface area contributed by atoms with Crippen molar-refractivity contribution >= 4 is 6.08 Å². The minimum atomic E-state index is 0.604. The van der Waals surface area contributed by atoms with Crippen molar-refractivity contribution < 1.29 is 0 Å². The molecular weight excluding hydrogens is 230 g/mol. The van der Waals surface area contributed by atoms with Gasteiger partial charge in [-0.15, -0.1) is 0 Å². The number of nitrogens with one attached hydrogen (secondary N) is 1. The number of hydrogen-bond acceptors (Lipinski definition) is 1. The first-order valence-corrected chi connectivity index (χ1v) is 7.64. The van der Waals surface area contributed by atoms with E-state index >= 15 is 0 Å². The van der Waals surface area contributed by atoms with E-state index in [0.717, 1.165) is 11.8 Å². The van der Waals surface area contributed by atoms with Crippen LogP contribution in [0, 0.1) is 32.6 Å². The molecule has 102 valence electrons. The fraction of sp³-hybridized carbons (Fsp3) is 0.556. The van der Waals surface area contributed by atoms with Gasteiger partial charge in [-0.25, -0.2) is 0 Å². The summed E-state index contributed by atoms with van der Waals surface area (Å²) in [5.41, 5.74) is 5.57. The lowest BCUT2D eigenvalue weighted by molar-refractivity contribution is 0.456. The molecule has 0 aromatic heterocycles. The monoisotopic (exact) mass is 255 g/mol. The fourth-order valence-electron chi connectivity index (χ4n) is 4.10. The predicted molar refractivity (Wildman–Crippen MR) is 82.3 cm³/mol. The van der Waals surface area contributed by atoms with Crippen LogP contribution in [0.2, 0.25) is 0 Å². The van der Waals surface area contributed by atoms with Gasteiger partial charge in [0.15, 0.2) is 0 Å². The van der Waals surface area contributed by atoms with Gasteiger partial charge in [-0.1, -0.05) is 36.3 Å². The maximum Gasteiger partial charge on any atom is 0.0284 e. The second kappa shape index (κ2) is 5.13. The minimum Gasteiger partial charge on any atom is -0.310 e. The average molecular weight is 255 g/mol. The fourth-order valence-corrected chi connectivity index (χ4v) is 4.10. The molecule has 3 rings (SSSR count). The predicted octanol–water partition coefficient (Wildman–Crippen LogP) is 4.01. The maximum absolute atomic E-state index is 3.69. The number of rotatable bonds is 2. The molecule has 2 fully saturated rings. The zero-order valence-electron chi connectivity index (χ0n) is 12.4. The van der Waals surface area contributed by atoms with Crippen molar-refractivity contribution in [3.05, 3.63) is 40.5 Å². The van der Waals surface area contributed by atoms with E-state index in [-0.39, 0.29) is 0 Å². The molecule has 0 radical (unpaired) electrons. The van der Waals surface area contributed by atoms with Crippen molar-refractivity contribution in [2.24, 2.45) is 11.8 Å². The molecule has 0 amide bonds. The summed E-state index contributed by atoms with van der Waals surface area (Å²) in [4.78, 5) is 0. The smallest absolute Gasteiger partial charge is 0.0284 e. The van der Waals surface area contributed by atoms with Crippen LogP contribution in [0.15, 0.2) is 18.2 Å². The van der Waals surface area contributed by atoms with Crippen LogP contribution < -0.4 is 5.32 Å². The Morgan fingerprint density at radius 3 is 2.58 bits per heavy atom. The number of aryl methyl sites for hydroxylation is 3. The lowest BCUT2D eigenvalue weighted by Crippen LogP contribution is -2.23. The number of fused-ring (bicyclic) bond motifs is 1. The van der Waals surface area contributed by atoms with Gasteiger partial charge in [0, 0.05) is 6.04 Å². The zero-order valence-corrected chi connectivity index (χ0v) is 12.4. The highest BCUT2D eigenvalue weighted by Gasteiger charge is 2.37. The molecule has 0 bridgehead atoms. The Bertz CT molecular complexity index is 477. The minimum absolute atomic E-state index is 0.604. The van der Waals surface area contributed by atoms with Crippen LogP contribution in [-0.4, -0.2) is 12.6 Å². The van der Waals surface area contributed by atoms with E-state index in [9.17, 15) is 0 Å². The molecule has 1 aromatic rings. The Morgan fingerprint density at radius 2 is 1.84 bits per heavy atom. The van der Waals surface area contributed by atoms with Gasteiger partial charge in [0.25, 0.3) is 0 Å². The van der Waals surface area contributed by atoms with E-state index < -0.39 is 0 Å². The lowest BCUT2D eigenvalue weighted by Gasteiger charge is -2.14. The quantitative estimate of drug-likeness (QED) is 0.842. The van der Waals surface area contributed by atoms with Gasteiger partial charge in [0.1, 0.15) is 0 Å². The summed E-state index contributed by atoms with van der Waals surface area (Å²) in [5, 5.41) is 3.69. The van der Waals surface area contributed by atoms with Crippen LogP contribution in [-0.2, 0) is 0 Å². The van der Waals surface area contributed by atoms with Crippen molar-refractivity contribution in [3.63, 3.8) is 0 Å². The van der Waals surface area contributed by atoms with E-state index in [0.29, 0.717) is 6.04 Å². The van der Waals surface area contributed by atoms with Gasteiger partial charge in [-0.3, -0.25) is 0 Å². The Kier molecular flexibility index (Phi) is 3.49. The van der Waals surface area contributed by atoms with Gasteiger partial charge in [-0.05, 0) is 68.7 Å². The van der Waals surface area contributed by atoms with Crippen LogP contribution in [0.5, 0.6) is 0 Å². The zero-order chi connectivity index (χ0) is 13.4. The van der Waals surface area contributed by atoms with Crippen LogP contribution in [0.3, 0.4) is 0 Å². The van der Waals surface area contributed by atoms with Crippen molar-refractivity contribution in [3.8, 4) is 0 Å². The van der Waals surface area contributed by atoms with E-state index in [2.05, 4.69) is 50.4 Å². The normalized spacial score (nSPS) is 30.2. The largest absolute Gasteiger partial charge is 0.310 e. The lowest BCUT2D eigenvalue weighted by atomic mass is 9.92. The van der Waals surface area contributed by atoms with E-state index in [1.54, 1.807) is 0 Å². The maximum atomic E-state index is 3.69. The van der Waals surface area contributed by atoms with Gasteiger partial charge >= 0.3 is 0 Å². The molecule has 1 saturated carbocycles. The van der Waals surface area contributed by atoms with Crippen molar-refractivity contribution in [2.45, 2.75) is 46.1 Å². The first-order valence-electron chi connectivity index (χ1n) is 7.64. The second-order valence-electron chi connectivity index (χ2n) is 6.46. The van der Waals surface area contributed by atoms with Crippen molar-refractivity contribution in [1.29, 1.82) is 0 Å². The molecule has 1 aliphatic heterocycles. The topological polar surface area (TPSA) is 12.0 Å². The van der Waals surface area contributed by atoms with Crippen molar-refractivity contribution in [1.82, 2.24) is 5.32 Å². The van der Waals surface area contributed by atoms with Crippen LogP contribution in [0.1, 0.15) is 41.5 Å². The summed E-state index contributed by atoms with van der Waals surface area (Å²) in [6, 6.07) is 5.17. The molecule has 0 spiro atoms. The Morgan fingerprint density at radius 1 is 1.11 bits per heavy atom. The highest BCUT2D eigenvalue weighted by atomic mass is 15.0. The third-order valence-electron chi connectivity index (χ3n) is 5.00. The summed E-state index contributed by atoms with van der Waals surface area (Å²) in [6.07, 6.45) is 9.05. The number of benzene rings is 1. The number of hydrogen-bond donors (Lipinski definition) is 1. The van der Waals surface area contributed by atoms with E-state index in [1.165, 1.54) is 48.1 Å². The van der Waals surface area contributed by atoms with E-state index in [1.807, 2.05) is 0 Å². The van der Waals surface area contributed by atoms with Gasteiger partial charge in [0.05, 0.1) is 0 Å². The summed E-state index contributed by atoms with van der Waals surface area (Å²) in [5.74, 6) is 1.83. The van der Waals surface area contributed by atoms with Crippen LogP contribution >= 0.6 is 0 Å². The Labute approximate surface area is 117 Å². The average Bonchev–Trinajstić information content (AvgIpc) is 2.91. The molecule has 1 heterocycles. The second-order valence-corrected chi connectivity index (χ2v) is 6.46. The van der Waals surface area contributed by atoms with Crippen molar-refractivity contribution in [2.75, 3.05) is 6.54 Å². The SMILES string of the molecule is Cc1cc(C)c(/C=C/C2NCC3CCCC32)c(C)c1. The summed E-state index contributed by atoms with van der Waals surface area (Å²) < 4.78 is 0. The van der Waals surface area contributed by atoms with Gasteiger partial charge < -0.3 is 5.32 Å². The van der Waals surface area contributed by atoms with Crippen LogP contribution in [0.25, 0.3) is 6.08 Å². The molecule has 1 nitrogen and oxygen atoms in total. The molecule has 3 unspecified atom stereocenters. The Hall–Kier alpha value is -1.08. The molecule has 19 heavy (non-hydrogen) atoms. The third kappa shape index (κ3) is 2.49. The molecule has 1 heteroatoms. The summed E-state index contributed by atoms with van der Waals surface area (Å²) >= 11 is 0. The molecular formula is C18H25N. The molecule has 1 saturated heterocycles. The van der Waals surface area contributed by atoms with Gasteiger partial charge in [0.2, 0.25) is 0 Å². The first-order chi connectivity index (χ1) is 9.15. The van der Waals surface area contributed by atoms with Gasteiger partial charge in [-0.2, -0.15) is 0 Å². The van der Waals surface area contributed by atoms with Crippen LogP contribution in [0.4, 0.5) is 0 Å². The molecule has 1 aromatic carbocycles. The third-order valence-corrected chi connectivity index (χ3v) is 5.00.